The van der Waals surface area contributed by atoms with Crippen molar-refractivity contribution in [2.45, 2.75) is 44.9 Å². The Labute approximate surface area is 183 Å². The maximum Gasteiger partial charge on any atom is 0.268 e. The maximum atomic E-state index is 14.5. The topological polar surface area (TPSA) is 98.1 Å². The van der Waals surface area contributed by atoms with E-state index in [4.69, 9.17) is 10.5 Å². The highest BCUT2D eigenvalue weighted by Gasteiger charge is 2.39. The van der Waals surface area contributed by atoms with E-state index in [0.29, 0.717) is 23.2 Å². The standard InChI is InChI=1S/C24H25F2N3O3/c1-24(2)8-6-12(14(11-24)13-4-5-15(25)20(26)22(13)32-3)17-10-18(30)19-16(29-17)7-9-28-21(19)23(27)31/h4-5,7,9-10,12,14H,6,8,11H2,1-3H3,(H2,27,31)(H,29,30)/t12-,14?/m0/s1. The van der Waals surface area contributed by atoms with Crippen molar-refractivity contribution in [1.29, 1.82) is 0 Å². The van der Waals surface area contributed by atoms with Gasteiger partial charge in [0.2, 0.25) is 5.82 Å². The lowest BCUT2D eigenvalue weighted by atomic mass is 9.64. The molecular formula is C24H25F2N3O3. The highest BCUT2D eigenvalue weighted by Crippen LogP contribution is 2.52. The lowest BCUT2D eigenvalue weighted by Crippen LogP contribution is -2.29. The Morgan fingerprint density at radius 1 is 1.25 bits per heavy atom. The number of aromatic nitrogens is 2. The van der Waals surface area contributed by atoms with E-state index in [1.165, 1.54) is 19.4 Å². The SMILES string of the molecule is COc1c(C2CC(C)(C)CC[C@@H]2c2cc(=O)c3c(C(N)=O)nccc3[nH]2)ccc(F)c1F. The zero-order chi connectivity index (χ0) is 23.2. The second-order valence-electron chi connectivity index (χ2n) is 9.14. The molecule has 1 unspecified atom stereocenters. The summed E-state index contributed by atoms with van der Waals surface area (Å²) in [5, 5.41) is 0.141. The monoisotopic (exact) mass is 441 g/mol. The third-order valence-corrected chi connectivity index (χ3v) is 6.47. The molecule has 3 N–H and O–H groups in total. The summed E-state index contributed by atoms with van der Waals surface area (Å²) in [5.41, 5.74) is 6.59. The van der Waals surface area contributed by atoms with Gasteiger partial charge in [-0.25, -0.2) is 4.39 Å². The molecule has 2 heterocycles. The van der Waals surface area contributed by atoms with Gasteiger partial charge in [0.1, 0.15) is 5.69 Å². The van der Waals surface area contributed by atoms with E-state index in [0.717, 1.165) is 18.9 Å². The van der Waals surface area contributed by atoms with Gasteiger partial charge in [0.25, 0.3) is 5.91 Å². The number of methoxy groups -OCH3 is 1. The number of benzene rings is 1. The number of rotatable bonds is 4. The highest BCUT2D eigenvalue weighted by atomic mass is 19.2. The molecule has 0 bridgehead atoms. The van der Waals surface area contributed by atoms with E-state index in [1.54, 1.807) is 12.1 Å². The number of carbonyl (C=O) groups excluding carboxylic acids is 1. The molecule has 0 spiro atoms. The van der Waals surface area contributed by atoms with Crippen LogP contribution in [0.25, 0.3) is 10.9 Å². The molecule has 1 aliphatic carbocycles. The summed E-state index contributed by atoms with van der Waals surface area (Å²) in [6, 6.07) is 5.75. The van der Waals surface area contributed by atoms with Gasteiger partial charge in [0, 0.05) is 29.4 Å². The van der Waals surface area contributed by atoms with Crippen LogP contribution in [0.3, 0.4) is 0 Å². The van der Waals surface area contributed by atoms with Crippen molar-refractivity contribution < 1.29 is 18.3 Å². The first-order valence-corrected chi connectivity index (χ1v) is 10.5. The number of H-pyrrole nitrogens is 1. The molecule has 1 aromatic carbocycles. The largest absolute Gasteiger partial charge is 0.493 e. The summed E-state index contributed by atoms with van der Waals surface area (Å²) in [4.78, 5) is 31.9. The summed E-state index contributed by atoms with van der Waals surface area (Å²) in [5.74, 6) is -3.25. The van der Waals surface area contributed by atoms with Crippen LogP contribution >= 0.6 is 0 Å². The van der Waals surface area contributed by atoms with Gasteiger partial charge < -0.3 is 15.5 Å². The Kier molecular flexibility index (Phi) is 5.48. The molecule has 4 rings (SSSR count). The number of hydrogen-bond acceptors (Lipinski definition) is 4. The maximum absolute atomic E-state index is 14.5. The zero-order valence-corrected chi connectivity index (χ0v) is 18.2. The first kappa shape index (κ1) is 21.9. The third kappa shape index (κ3) is 3.74. The minimum Gasteiger partial charge on any atom is -0.493 e. The summed E-state index contributed by atoms with van der Waals surface area (Å²) in [6.07, 6.45) is 3.74. The van der Waals surface area contributed by atoms with Crippen LogP contribution in [-0.4, -0.2) is 23.0 Å². The number of hydrogen-bond donors (Lipinski definition) is 2. The quantitative estimate of drug-likeness (QED) is 0.628. The molecule has 1 saturated carbocycles. The molecule has 6 nitrogen and oxygen atoms in total. The van der Waals surface area contributed by atoms with Crippen LogP contribution < -0.4 is 15.9 Å². The van der Waals surface area contributed by atoms with Crippen LogP contribution in [0.5, 0.6) is 5.75 Å². The fourth-order valence-corrected chi connectivity index (χ4v) is 4.94. The van der Waals surface area contributed by atoms with Gasteiger partial charge in [-0.15, -0.1) is 0 Å². The summed E-state index contributed by atoms with van der Waals surface area (Å²) in [6.45, 7) is 4.27. The van der Waals surface area contributed by atoms with E-state index in [9.17, 15) is 18.4 Å². The number of aromatic amines is 1. The molecule has 1 aliphatic rings. The fourth-order valence-electron chi connectivity index (χ4n) is 4.94. The number of halogens is 2. The molecule has 0 saturated heterocycles. The number of nitrogens with zero attached hydrogens (tertiary/aromatic N) is 1. The molecule has 0 aliphatic heterocycles. The van der Waals surface area contributed by atoms with Crippen molar-refractivity contribution in [3.05, 3.63) is 69.3 Å². The van der Waals surface area contributed by atoms with E-state index in [1.807, 2.05) is 0 Å². The van der Waals surface area contributed by atoms with Crippen molar-refractivity contribution in [2.75, 3.05) is 7.11 Å². The first-order chi connectivity index (χ1) is 15.1. The van der Waals surface area contributed by atoms with Crippen LogP contribution in [0.2, 0.25) is 0 Å². The Morgan fingerprint density at radius 3 is 2.69 bits per heavy atom. The average Bonchev–Trinajstić information content (AvgIpc) is 2.74. The number of primary amides is 1. The Morgan fingerprint density at radius 2 is 2.00 bits per heavy atom. The van der Waals surface area contributed by atoms with Crippen molar-refractivity contribution in [3.63, 3.8) is 0 Å². The molecule has 1 fully saturated rings. The van der Waals surface area contributed by atoms with Gasteiger partial charge in [0.15, 0.2) is 17.0 Å². The average molecular weight is 441 g/mol. The van der Waals surface area contributed by atoms with Gasteiger partial charge in [0.05, 0.1) is 18.0 Å². The predicted molar refractivity (Wildman–Crippen MR) is 117 cm³/mol. The van der Waals surface area contributed by atoms with E-state index in [2.05, 4.69) is 23.8 Å². The minimum absolute atomic E-state index is 0.0305. The third-order valence-electron chi connectivity index (χ3n) is 6.47. The molecule has 1 amide bonds. The summed E-state index contributed by atoms with van der Waals surface area (Å²) < 4.78 is 33.6. The van der Waals surface area contributed by atoms with Crippen molar-refractivity contribution in [3.8, 4) is 5.75 Å². The number of amides is 1. The summed E-state index contributed by atoms with van der Waals surface area (Å²) in [7, 11) is 1.32. The van der Waals surface area contributed by atoms with E-state index < -0.39 is 17.5 Å². The smallest absolute Gasteiger partial charge is 0.268 e. The Bertz CT molecular complexity index is 1270. The first-order valence-electron chi connectivity index (χ1n) is 10.5. The lowest BCUT2D eigenvalue weighted by Gasteiger charge is -2.41. The van der Waals surface area contributed by atoms with Crippen LogP contribution in [0.1, 0.15) is 66.7 Å². The lowest BCUT2D eigenvalue weighted by molar-refractivity contribution is 0.0997. The molecule has 8 heteroatoms. The molecule has 0 radical (unpaired) electrons. The summed E-state index contributed by atoms with van der Waals surface area (Å²) >= 11 is 0. The second-order valence-corrected chi connectivity index (χ2v) is 9.14. The van der Waals surface area contributed by atoms with Crippen molar-refractivity contribution >= 4 is 16.8 Å². The predicted octanol–water partition coefficient (Wildman–Crippen LogP) is 4.39. The number of nitrogens with one attached hydrogen (secondary N) is 1. The number of fused-ring (bicyclic) bond motifs is 1. The van der Waals surface area contributed by atoms with Gasteiger partial charge >= 0.3 is 0 Å². The highest BCUT2D eigenvalue weighted by molar-refractivity contribution is 6.03. The molecule has 2 atom stereocenters. The minimum atomic E-state index is -1.02. The molecular weight excluding hydrogens is 416 g/mol. The normalized spacial score (nSPS) is 20.3. The number of pyridine rings is 2. The molecule has 3 aromatic rings. The molecule has 32 heavy (non-hydrogen) atoms. The second kappa shape index (κ2) is 8.00. The van der Waals surface area contributed by atoms with Crippen LogP contribution in [0.15, 0.2) is 35.3 Å². The zero-order valence-electron chi connectivity index (χ0n) is 18.2. The van der Waals surface area contributed by atoms with Gasteiger partial charge in [-0.1, -0.05) is 19.9 Å². The Hall–Kier alpha value is -3.29. The number of ether oxygens (including phenoxy) is 1. The van der Waals surface area contributed by atoms with E-state index in [-0.39, 0.29) is 39.5 Å². The Balaban J connectivity index is 1.89. The van der Waals surface area contributed by atoms with E-state index >= 15 is 0 Å². The van der Waals surface area contributed by atoms with Crippen LogP contribution in [-0.2, 0) is 0 Å². The van der Waals surface area contributed by atoms with Gasteiger partial charge in [-0.3, -0.25) is 14.6 Å². The van der Waals surface area contributed by atoms with Crippen LogP contribution in [0.4, 0.5) is 8.78 Å². The number of nitrogens with two attached hydrogens (primary N) is 1. The van der Waals surface area contributed by atoms with Gasteiger partial charge in [-0.2, -0.15) is 4.39 Å². The van der Waals surface area contributed by atoms with Crippen molar-refractivity contribution in [1.82, 2.24) is 9.97 Å². The van der Waals surface area contributed by atoms with Crippen LogP contribution in [0, 0.1) is 17.0 Å². The molecule has 2 aromatic heterocycles. The van der Waals surface area contributed by atoms with Crippen molar-refractivity contribution in [2.24, 2.45) is 11.1 Å². The molecule has 168 valence electrons. The fraction of sp³-hybridized carbons (Fsp3) is 0.375. The number of carbonyl (C=O) groups is 1. The van der Waals surface area contributed by atoms with Gasteiger partial charge in [-0.05, 0) is 42.7 Å².